The summed E-state index contributed by atoms with van der Waals surface area (Å²) in [7, 11) is 0. The highest BCUT2D eigenvalue weighted by Crippen LogP contribution is 2.30. The number of fused-ring (bicyclic) bond motifs is 1. The number of nitrogens with one attached hydrogen (secondary N) is 2. The summed E-state index contributed by atoms with van der Waals surface area (Å²) in [5.41, 5.74) is 2.95. The number of rotatable bonds is 6. The van der Waals surface area contributed by atoms with E-state index in [1.54, 1.807) is 20.0 Å². The first-order valence-electron chi connectivity index (χ1n) is 9.63. The molecule has 0 radical (unpaired) electrons. The molecule has 1 aliphatic rings. The van der Waals surface area contributed by atoms with Crippen LogP contribution in [0.1, 0.15) is 42.6 Å². The van der Waals surface area contributed by atoms with Crippen molar-refractivity contribution in [3.05, 3.63) is 46.3 Å². The van der Waals surface area contributed by atoms with Crippen LogP contribution in [0, 0.1) is 6.92 Å². The highest BCUT2D eigenvalue weighted by molar-refractivity contribution is 9.10. The Morgan fingerprint density at radius 1 is 1.38 bits per heavy atom. The Morgan fingerprint density at radius 3 is 2.83 bits per heavy atom. The van der Waals surface area contributed by atoms with Crippen molar-refractivity contribution in [1.82, 2.24) is 19.7 Å². The molecular formula is C21H24BrN5O2. The van der Waals surface area contributed by atoms with Gasteiger partial charge in [0.05, 0.1) is 23.1 Å². The van der Waals surface area contributed by atoms with Crippen LogP contribution < -0.4 is 10.6 Å². The lowest BCUT2D eigenvalue weighted by Gasteiger charge is -2.18. The maximum Gasteiger partial charge on any atom is 0.252 e. The molecule has 3 N–H and O–H groups in total. The van der Waals surface area contributed by atoms with Crippen LogP contribution >= 0.6 is 15.9 Å². The Hall–Kier alpha value is -2.45. The summed E-state index contributed by atoms with van der Waals surface area (Å²) in [4.78, 5) is 21.9. The number of halogens is 1. The second kappa shape index (κ2) is 7.42. The number of aryl methyl sites for hydroxylation is 1. The van der Waals surface area contributed by atoms with E-state index < -0.39 is 5.60 Å². The summed E-state index contributed by atoms with van der Waals surface area (Å²) in [5, 5.41) is 16.3. The van der Waals surface area contributed by atoms with Crippen LogP contribution in [0.4, 0.5) is 5.82 Å². The van der Waals surface area contributed by atoms with Gasteiger partial charge in [-0.3, -0.25) is 9.20 Å². The quantitative estimate of drug-likeness (QED) is 0.526. The number of hydrogen-bond donors (Lipinski definition) is 3. The fraction of sp³-hybridized carbons (Fsp3) is 0.381. The molecule has 29 heavy (non-hydrogen) atoms. The van der Waals surface area contributed by atoms with E-state index in [1.165, 1.54) is 0 Å². The van der Waals surface area contributed by atoms with Gasteiger partial charge < -0.3 is 15.7 Å². The Labute approximate surface area is 177 Å². The second-order valence-electron chi connectivity index (χ2n) is 8.16. The minimum Gasteiger partial charge on any atom is -0.389 e. The molecule has 0 aliphatic heterocycles. The average molecular weight is 458 g/mol. The first-order chi connectivity index (χ1) is 13.7. The lowest BCUT2D eigenvalue weighted by atomic mass is 9.99. The van der Waals surface area contributed by atoms with Crippen LogP contribution in [0.5, 0.6) is 0 Å². The average Bonchev–Trinajstić information content (AvgIpc) is 3.35. The summed E-state index contributed by atoms with van der Waals surface area (Å²) in [5.74, 6) is 0.508. The van der Waals surface area contributed by atoms with Crippen molar-refractivity contribution in [3.8, 4) is 11.3 Å². The summed E-state index contributed by atoms with van der Waals surface area (Å²) in [6, 6.07) is 6.12. The van der Waals surface area contributed by atoms with E-state index in [2.05, 4.69) is 36.5 Å². The Kier molecular flexibility index (Phi) is 5.08. The molecule has 0 atom stereocenters. The number of amides is 1. The number of nitrogens with zero attached hydrogens (tertiary/aromatic N) is 3. The molecule has 0 spiro atoms. The number of anilines is 1. The highest BCUT2D eigenvalue weighted by atomic mass is 79.9. The first kappa shape index (κ1) is 19.8. The van der Waals surface area contributed by atoms with E-state index in [9.17, 15) is 9.90 Å². The van der Waals surface area contributed by atoms with Crippen LogP contribution in [0.25, 0.3) is 16.9 Å². The number of benzene rings is 1. The zero-order chi connectivity index (χ0) is 20.8. The number of hydrogen-bond acceptors (Lipinski definition) is 5. The van der Waals surface area contributed by atoms with Crippen molar-refractivity contribution < 1.29 is 9.90 Å². The molecule has 152 valence electrons. The van der Waals surface area contributed by atoms with Gasteiger partial charge in [0.1, 0.15) is 4.60 Å². The third-order valence-electron chi connectivity index (χ3n) is 4.84. The fourth-order valence-electron chi connectivity index (χ4n) is 3.24. The standard InChI is InChI=1S/C21H24BrN5O2/c1-12-5-4-6-14(17(12)20(28)25-13-7-8-13)15-9-23-19-18(24-11-21(2,3)29)26-16(22)10-27(15)19/h4-6,9-10,13,29H,7-8,11H2,1-3H3,(H,24,26)(H,25,28). The Bertz CT molecular complexity index is 1080. The van der Waals surface area contributed by atoms with Gasteiger partial charge in [0, 0.05) is 24.3 Å². The maximum atomic E-state index is 12.9. The predicted octanol–water partition coefficient (Wildman–Crippen LogP) is 3.54. The van der Waals surface area contributed by atoms with Crippen LogP contribution in [-0.2, 0) is 0 Å². The molecule has 1 amide bonds. The van der Waals surface area contributed by atoms with E-state index >= 15 is 0 Å². The van der Waals surface area contributed by atoms with E-state index in [-0.39, 0.29) is 11.9 Å². The van der Waals surface area contributed by atoms with Crippen molar-refractivity contribution in [2.24, 2.45) is 0 Å². The molecule has 2 heterocycles. The van der Waals surface area contributed by atoms with E-state index in [0.717, 1.165) is 29.7 Å². The zero-order valence-corrected chi connectivity index (χ0v) is 18.2. The van der Waals surface area contributed by atoms with Gasteiger partial charge in [-0.2, -0.15) is 0 Å². The lowest BCUT2D eigenvalue weighted by molar-refractivity contribution is 0.0939. The minimum atomic E-state index is -0.888. The molecule has 1 saturated carbocycles. The summed E-state index contributed by atoms with van der Waals surface area (Å²) < 4.78 is 2.53. The zero-order valence-electron chi connectivity index (χ0n) is 16.7. The molecule has 8 heteroatoms. The normalized spacial score (nSPS) is 14.2. The summed E-state index contributed by atoms with van der Waals surface area (Å²) in [6.45, 7) is 5.73. The SMILES string of the molecule is Cc1cccc(-c2cnc3c(NCC(C)(C)O)nc(Br)cn23)c1C(=O)NC1CC1. The smallest absolute Gasteiger partial charge is 0.252 e. The van der Waals surface area contributed by atoms with Crippen LogP contribution in [0.3, 0.4) is 0 Å². The fourth-order valence-corrected chi connectivity index (χ4v) is 3.63. The van der Waals surface area contributed by atoms with Gasteiger partial charge in [-0.15, -0.1) is 0 Å². The maximum absolute atomic E-state index is 12.9. The summed E-state index contributed by atoms with van der Waals surface area (Å²) >= 11 is 3.46. The number of imidazole rings is 1. The Balaban J connectivity index is 1.80. The molecule has 7 nitrogen and oxygen atoms in total. The molecule has 3 aromatic rings. The van der Waals surface area contributed by atoms with Crippen LogP contribution in [0.2, 0.25) is 0 Å². The number of carbonyl (C=O) groups excluding carboxylic acids is 1. The largest absolute Gasteiger partial charge is 0.389 e. The van der Waals surface area contributed by atoms with E-state index in [4.69, 9.17) is 0 Å². The highest BCUT2D eigenvalue weighted by Gasteiger charge is 2.26. The Morgan fingerprint density at radius 2 is 2.14 bits per heavy atom. The van der Waals surface area contributed by atoms with Crippen molar-refractivity contribution in [2.75, 3.05) is 11.9 Å². The number of aromatic nitrogens is 3. The third-order valence-corrected chi connectivity index (χ3v) is 5.22. The molecular weight excluding hydrogens is 434 g/mol. The predicted molar refractivity (Wildman–Crippen MR) is 116 cm³/mol. The van der Waals surface area contributed by atoms with Gasteiger partial charge in [-0.1, -0.05) is 18.2 Å². The molecule has 0 saturated heterocycles. The molecule has 4 rings (SSSR count). The lowest BCUT2D eigenvalue weighted by Crippen LogP contribution is -2.29. The first-order valence-corrected chi connectivity index (χ1v) is 10.4. The van der Waals surface area contributed by atoms with Gasteiger partial charge in [0.2, 0.25) is 0 Å². The van der Waals surface area contributed by atoms with Gasteiger partial charge in [0.15, 0.2) is 11.5 Å². The van der Waals surface area contributed by atoms with E-state index in [0.29, 0.717) is 28.2 Å². The van der Waals surface area contributed by atoms with Crippen molar-refractivity contribution in [1.29, 1.82) is 0 Å². The summed E-state index contributed by atoms with van der Waals surface area (Å²) in [6.07, 6.45) is 5.66. The number of carbonyl (C=O) groups is 1. The van der Waals surface area contributed by atoms with Crippen LogP contribution in [0.15, 0.2) is 35.2 Å². The van der Waals surface area contributed by atoms with Gasteiger partial charge in [0.25, 0.3) is 5.91 Å². The topological polar surface area (TPSA) is 91.6 Å². The molecule has 1 aliphatic carbocycles. The third kappa shape index (κ3) is 4.28. The molecule has 2 aromatic heterocycles. The number of aliphatic hydroxyl groups is 1. The van der Waals surface area contributed by atoms with Gasteiger partial charge >= 0.3 is 0 Å². The van der Waals surface area contributed by atoms with E-state index in [1.807, 2.05) is 35.7 Å². The van der Waals surface area contributed by atoms with Gasteiger partial charge in [-0.25, -0.2) is 9.97 Å². The molecule has 1 fully saturated rings. The molecule has 0 bridgehead atoms. The van der Waals surface area contributed by atoms with Crippen molar-refractivity contribution >= 4 is 33.3 Å². The van der Waals surface area contributed by atoms with Crippen molar-refractivity contribution in [3.63, 3.8) is 0 Å². The molecule has 1 aromatic carbocycles. The van der Waals surface area contributed by atoms with Crippen molar-refractivity contribution in [2.45, 2.75) is 45.3 Å². The monoisotopic (exact) mass is 457 g/mol. The van der Waals surface area contributed by atoms with Crippen LogP contribution in [-0.4, -0.2) is 43.6 Å². The second-order valence-corrected chi connectivity index (χ2v) is 8.97. The minimum absolute atomic E-state index is 0.0518. The molecule has 0 unspecified atom stereocenters. The van der Waals surface area contributed by atoms with Gasteiger partial charge in [-0.05, 0) is 55.1 Å².